The maximum atomic E-state index is 11.2. The summed E-state index contributed by atoms with van der Waals surface area (Å²) in [7, 11) is 0. The van der Waals surface area contributed by atoms with Gasteiger partial charge in [-0.1, -0.05) is 12.1 Å². The number of benzene rings is 1. The van der Waals surface area contributed by atoms with E-state index in [9.17, 15) is 9.90 Å². The van der Waals surface area contributed by atoms with Gasteiger partial charge in [0.2, 0.25) is 0 Å². The Morgan fingerprint density at radius 2 is 2.00 bits per heavy atom. The number of halogens is 1. The van der Waals surface area contributed by atoms with Crippen molar-refractivity contribution in [1.82, 2.24) is 9.38 Å². The van der Waals surface area contributed by atoms with E-state index in [0.717, 1.165) is 10.1 Å². The van der Waals surface area contributed by atoms with Crippen molar-refractivity contribution in [2.75, 3.05) is 0 Å². The molecule has 0 atom stereocenters. The minimum absolute atomic E-state index is 0.198. The molecule has 0 bridgehead atoms. The molecule has 0 spiro atoms. The van der Waals surface area contributed by atoms with E-state index in [1.807, 2.05) is 28.8 Å². The van der Waals surface area contributed by atoms with Crippen LogP contribution in [-0.4, -0.2) is 26.7 Å². The minimum Gasteiger partial charge on any atom is -0.478 e. The number of carboxylic acid groups (broad SMARTS) is 1. The molecule has 4 aromatic heterocycles. The van der Waals surface area contributed by atoms with Crippen LogP contribution in [-0.2, 0) is 0 Å². The molecule has 0 amide bonds. The van der Waals surface area contributed by atoms with Gasteiger partial charge >= 0.3 is 5.97 Å². The molecule has 0 radical (unpaired) electrons. The smallest absolute Gasteiger partial charge is 0.335 e. The lowest BCUT2D eigenvalue weighted by atomic mass is 10.1. The largest absolute Gasteiger partial charge is 0.478 e. The summed E-state index contributed by atoms with van der Waals surface area (Å²) < 4.78 is 14.1. The third-order valence-corrected chi connectivity index (χ3v) is 5.12. The average Bonchev–Trinajstić information content (AvgIpc) is 3.52. The van der Waals surface area contributed by atoms with Crippen LogP contribution in [0.15, 0.2) is 91.4 Å². The van der Waals surface area contributed by atoms with Crippen LogP contribution in [0.1, 0.15) is 16.1 Å². The van der Waals surface area contributed by atoms with Gasteiger partial charge in [-0.15, -0.1) is 0 Å². The normalized spacial score (nSPS) is 11.5. The number of carbonyl (C=O) groups is 1. The van der Waals surface area contributed by atoms with Crippen molar-refractivity contribution in [3.63, 3.8) is 0 Å². The van der Waals surface area contributed by atoms with Gasteiger partial charge in [-0.3, -0.25) is 4.40 Å². The fourth-order valence-electron chi connectivity index (χ4n) is 3.22. The van der Waals surface area contributed by atoms with Crippen molar-refractivity contribution in [2.45, 2.75) is 0 Å². The highest BCUT2D eigenvalue weighted by molar-refractivity contribution is 9.10. The number of hydrogen-bond acceptors (Lipinski definition) is 5. The molecule has 0 fully saturated rings. The van der Waals surface area contributed by atoms with Gasteiger partial charge in [-0.2, -0.15) is 0 Å². The standard InChI is InChI=1S/C23H14BrN3O4/c24-16-6-9-20-26-21(19-5-2-10-30-19)22(27(20)13-16)25-12-17-7-8-18(31-17)14-3-1-4-15(11-14)23(28)29/h1-13H,(H,28,29). The summed E-state index contributed by atoms with van der Waals surface area (Å²) in [6.45, 7) is 0. The first-order valence-corrected chi connectivity index (χ1v) is 10.1. The number of aromatic carboxylic acids is 1. The molecule has 4 heterocycles. The number of fused-ring (bicyclic) bond motifs is 1. The zero-order chi connectivity index (χ0) is 21.4. The van der Waals surface area contributed by atoms with E-state index >= 15 is 0 Å². The topological polar surface area (TPSA) is 93.2 Å². The number of rotatable bonds is 5. The number of pyridine rings is 1. The second-order valence-corrected chi connectivity index (χ2v) is 7.60. The molecular weight excluding hydrogens is 462 g/mol. The first-order valence-electron chi connectivity index (χ1n) is 9.27. The average molecular weight is 476 g/mol. The summed E-state index contributed by atoms with van der Waals surface area (Å²) in [6, 6.07) is 17.6. The van der Waals surface area contributed by atoms with E-state index in [4.69, 9.17) is 8.83 Å². The third kappa shape index (κ3) is 3.69. The molecule has 0 aliphatic rings. The highest BCUT2D eigenvalue weighted by atomic mass is 79.9. The molecule has 7 nitrogen and oxygen atoms in total. The summed E-state index contributed by atoms with van der Waals surface area (Å²) in [5, 5.41) is 9.19. The lowest BCUT2D eigenvalue weighted by Crippen LogP contribution is -1.95. The van der Waals surface area contributed by atoms with Crippen LogP contribution in [0.2, 0.25) is 0 Å². The van der Waals surface area contributed by atoms with Crippen LogP contribution >= 0.6 is 15.9 Å². The monoisotopic (exact) mass is 475 g/mol. The summed E-state index contributed by atoms with van der Waals surface area (Å²) in [6.07, 6.45) is 5.07. The van der Waals surface area contributed by atoms with Gasteiger partial charge in [0.25, 0.3) is 0 Å². The van der Waals surface area contributed by atoms with Crippen molar-refractivity contribution >= 4 is 39.6 Å². The molecule has 8 heteroatoms. The van der Waals surface area contributed by atoms with E-state index in [1.54, 1.807) is 48.9 Å². The Labute approximate surface area is 184 Å². The Balaban J connectivity index is 1.53. The highest BCUT2D eigenvalue weighted by Crippen LogP contribution is 2.32. The third-order valence-electron chi connectivity index (χ3n) is 4.65. The number of nitrogens with zero attached hydrogens (tertiary/aromatic N) is 3. The minimum atomic E-state index is -0.987. The summed E-state index contributed by atoms with van der Waals surface area (Å²) in [4.78, 5) is 20.5. The molecule has 1 N–H and O–H groups in total. The van der Waals surface area contributed by atoms with Gasteiger partial charge in [0, 0.05) is 16.2 Å². The fraction of sp³-hybridized carbons (Fsp3) is 0. The lowest BCUT2D eigenvalue weighted by molar-refractivity contribution is 0.0697. The van der Waals surface area contributed by atoms with Crippen LogP contribution in [0, 0.1) is 0 Å². The van der Waals surface area contributed by atoms with E-state index < -0.39 is 5.97 Å². The van der Waals surface area contributed by atoms with Gasteiger partial charge < -0.3 is 13.9 Å². The number of hydrogen-bond donors (Lipinski definition) is 1. The maximum Gasteiger partial charge on any atom is 0.335 e. The quantitative estimate of drug-likeness (QED) is 0.311. The number of imidazole rings is 1. The van der Waals surface area contributed by atoms with Crippen molar-refractivity contribution in [1.29, 1.82) is 0 Å². The molecule has 31 heavy (non-hydrogen) atoms. The van der Waals surface area contributed by atoms with Crippen LogP contribution in [0.3, 0.4) is 0 Å². The molecule has 0 saturated heterocycles. The predicted molar refractivity (Wildman–Crippen MR) is 119 cm³/mol. The fourth-order valence-corrected chi connectivity index (χ4v) is 3.55. The number of furan rings is 2. The SMILES string of the molecule is O=C(O)c1cccc(-c2ccc(C=Nc3c(-c4ccco4)nc4ccc(Br)cn34)o2)c1. The first kappa shape index (κ1) is 19.1. The molecule has 0 aliphatic carbocycles. The van der Waals surface area contributed by atoms with Crippen molar-refractivity contribution in [3.05, 3.63) is 88.9 Å². The first-order chi connectivity index (χ1) is 15.1. The Hall–Kier alpha value is -3.91. The molecule has 5 rings (SSSR count). The molecule has 5 aromatic rings. The highest BCUT2D eigenvalue weighted by Gasteiger charge is 2.16. The van der Waals surface area contributed by atoms with E-state index in [1.165, 1.54) is 6.07 Å². The summed E-state index contributed by atoms with van der Waals surface area (Å²) >= 11 is 3.48. The van der Waals surface area contributed by atoms with Gasteiger partial charge in [-0.05, 0) is 64.5 Å². The summed E-state index contributed by atoms with van der Waals surface area (Å²) in [5.41, 5.74) is 2.21. The van der Waals surface area contributed by atoms with Crippen molar-refractivity contribution in [2.24, 2.45) is 4.99 Å². The molecular formula is C23H14BrN3O4. The molecule has 152 valence electrons. The van der Waals surface area contributed by atoms with Gasteiger partial charge in [-0.25, -0.2) is 14.8 Å². The van der Waals surface area contributed by atoms with E-state index in [2.05, 4.69) is 25.9 Å². The van der Waals surface area contributed by atoms with Crippen molar-refractivity contribution < 1.29 is 18.7 Å². The van der Waals surface area contributed by atoms with E-state index in [0.29, 0.717) is 34.4 Å². The lowest BCUT2D eigenvalue weighted by Gasteiger charge is -1.99. The van der Waals surface area contributed by atoms with Gasteiger partial charge in [0.15, 0.2) is 17.3 Å². The number of carboxylic acids is 1. The van der Waals surface area contributed by atoms with Gasteiger partial charge in [0.05, 0.1) is 18.0 Å². The van der Waals surface area contributed by atoms with Gasteiger partial charge in [0.1, 0.15) is 17.2 Å². The summed E-state index contributed by atoms with van der Waals surface area (Å²) in [5.74, 6) is 1.29. The van der Waals surface area contributed by atoms with E-state index in [-0.39, 0.29) is 5.56 Å². The number of aliphatic imine (C=N–C) groups is 1. The van der Waals surface area contributed by atoms with Crippen molar-refractivity contribution in [3.8, 4) is 22.8 Å². The number of aromatic nitrogens is 2. The predicted octanol–water partition coefficient (Wildman–Crippen LogP) is 6.07. The Bertz CT molecular complexity index is 1430. The van der Waals surface area contributed by atoms with Crippen LogP contribution in [0.25, 0.3) is 28.4 Å². The molecule has 0 saturated carbocycles. The second kappa shape index (κ2) is 7.73. The van der Waals surface area contributed by atoms with Crippen LogP contribution in [0.4, 0.5) is 5.82 Å². The molecule has 0 aliphatic heterocycles. The zero-order valence-electron chi connectivity index (χ0n) is 15.9. The zero-order valence-corrected chi connectivity index (χ0v) is 17.5. The molecule has 1 aromatic carbocycles. The molecule has 0 unspecified atom stereocenters. The van der Waals surface area contributed by atoms with Crippen LogP contribution in [0.5, 0.6) is 0 Å². The van der Waals surface area contributed by atoms with Crippen LogP contribution < -0.4 is 0 Å². The Morgan fingerprint density at radius 3 is 2.81 bits per heavy atom. The Kier molecular flexibility index (Phi) is 4.76. The second-order valence-electron chi connectivity index (χ2n) is 6.68. The Morgan fingerprint density at radius 1 is 1.10 bits per heavy atom. The maximum absolute atomic E-state index is 11.2.